The van der Waals surface area contributed by atoms with Gasteiger partial charge in [0.25, 0.3) is 0 Å². The largest absolute Gasteiger partial charge is 0.496 e. The van der Waals surface area contributed by atoms with E-state index >= 15 is 0 Å². The van der Waals surface area contributed by atoms with Crippen LogP contribution >= 0.6 is 15.9 Å². The molecule has 0 saturated carbocycles. The van der Waals surface area contributed by atoms with E-state index in [1.807, 2.05) is 6.07 Å². The summed E-state index contributed by atoms with van der Waals surface area (Å²) in [6, 6.07) is 13.1. The summed E-state index contributed by atoms with van der Waals surface area (Å²) in [5, 5.41) is 3.57. The minimum Gasteiger partial charge on any atom is -0.496 e. The number of rotatable bonds is 5. The van der Waals surface area contributed by atoms with Crippen molar-refractivity contribution in [3.63, 3.8) is 0 Å². The SMILES string of the molecule is CCNC(c1ccc(Br)c(C)c1)c1ccc(OC)c(C)c1. The van der Waals surface area contributed by atoms with Crippen LogP contribution in [0.2, 0.25) is 0 Å². The first-order chi connectivity index (χ1) is 10.1. The van der Waals surface area contributed by atoms with Gasteiger partial charge in [-0.2, -0.15) is 0 Å². The van der Waals surface area contributed by atoms with Gasteiger partial charge < -0.3 is 10.1 Å². The lowest BCUT2D eigenvalue weighted by atomic mass is 9.96. The Morgan fingerprint density at radius 2 is 1.67 bits per heavy atom. The molecule has 0 amide bonds. The molecule has 2 aromatic carbocycles. The molecule has 1 unspecified atom stereocenters. The summed E-state index contributed by atoms with van der Waals surface area (Å²) in [6.07, 6.45) is 0. The maximum absolute atomic E-state index is 5.35. The van der Waals surface area contributed by atoms with Gasteiger partial charge in [-0.05, 0) is 54.8 Å². The van der Waals surface area contributed by atoms with Gasteiger partial charge in [-0.25, -0.2) is 0 Å². The highest BCUT2D eigenvalue weighted by Gasteiger charge is 2.15. The highest BCUT2D eigenvalue weighted by atomic mass is 79.9. The van der Waals surface area contributed by atoms with Crippen molar-refractivity contribution in [1.29, 1.82) is 0 Å². The molecular formula is C18H22BrNO. The Morgan fingerprint density at radius 3 is 2.19 bits per heavy atom. The number of benzene rings is 2. The molecule has 112 valence electrons. The van der Waals surface area contributed by atoms with Crippen molar-refractivity contribution in [1.82, 2.24) is 5.32 Å². The second-order valence-electron chi connectivity index (χ2n) is 5.23. The van der Waals surface area contributed by atoms with Crippen molar-refractivity contribution in [2.75, 3.05) is 13.7 Å². The third-order valence-corrected chi connectivity index (χ3v) is 4.57. The Bertz CT molecular complexity index is 625. The molecule has 0 fully saturated rings. The summed E-state index contributed by atoms with van der Waals surface area (Å²) in [6.45, 7) is 7.26. The van der Waals surface area contributed by atoms with Crippen LogP contribution in [0.25, 0.3) is 0 Å². The van der Waals surface area contributed by atoms with Crippen LogP contribution in [-0.2, 0) is 0 Å². The summed E-state index contributed by atoms with van der Waals surface area (Å²) in [4.78, 5) is 0. The van der Waals surface area contributed by atoms with Gasteiger partial charge in [-0.15, -0.1) is 0 Å². The maximum Gasteiger partial charge on any atom is 0.121 e. The third kappa shape index (κ3) is 3.66. The Hall–Kier alpha value is -1.32. The number of hydrogen-bond donors (Lipinski definition) is 1. The van der Waals surface area contributed by atoms with Crippen molar-refractivity contribution in [3.8, 4) is 5.75 Å². The van der Waals surface area contributed by atoms with Crippen LogP contribution in [0.1, 0.15) is 35.2 Å². The van der Waals surface area contributed by atoms with E-state index in [-0.39, 0.29) is 6.04 Å². The van der Waals surface area contributed by atoms with E-state index in [1.54, 1.807) is 7.11 Å². The van der Waals surface area contributed by atoms with Crippen LogP contribution < -0.4 is 10.1 Å². The average molecular weight is 348 g/mol. The van der Waals surface area contributed by atoms with E-state index in [1.165, 1.54) is 16.7 Å². The van der Waals surface area contributed by atoms with E-state index < -0.39 is 0 Å². The van der Waals surface area contributed by atoms with Crippen LogP contribution in [0.4, 0.5) is 0 Å². The molecule has 0 radical (unpaired) electrons. The van der Waals surface area contributed by atoms with E-state index in [4.69, 9.17) is 4.74 Å². The zero-order valence-electron chi connectivity index (χ0n) is 13.0. The monoisotopic (exact) mass is 347 g/mol. The molecule has 0 bridgehead atoms. The molecule has 0 spiro atoms. The van der Waals surface area contributed by atoms with Crippen LogP contribution in [-0.4, -0.2) is 13.7 Å². The Balaban J connectivity index is 2.42. The van der Waals surface area contributed by atoms with Crippen LogP contribution in [0, 0.1) is 13.8 Å². The lowest BCUT2D eigenvalue weighted by Crippen LogP contribution is -2.22. The molecule has 1 N–H and O–H groups in total. The standard InChI is InChI=1S/C18H22BrNO/c1-5-20-18(14-6-8-16(19)12(2)10-14)15-7-9-17(21-4)13(3)11-15/h6-11,18,20H,5H2,1-4H3. The smallest absolute Gasteiger partial charge is 0.121 e. The van der Waals surface area contributed by atoms with Crippen molar-refractivity contribution in [2.45, 2.75) is 26.8 Å². The number of hydrogen-bond acceptors (Lipinski definition) is 2. The topological polar surface area (TPSA) is 21.3 Å². The van der Waals surface area contributed by atoms with Gasteiger partial charge in [0.1, 0.15) is 5.75 Å². The Labute approximate surface area is 135 Å². The van der Waals surface area contributed by atoms with Crippen LogP contribution in [0.15, 0.2) is 40.9 Å². The van der Waals surface area contributed by atoms with Crippen molar-refractivity contribution in [3.05, 3.63) is 63.1 Å². The summed E-state index contributed by atoms with van der Waals surface area (Å²) in [5.74, 6) is 0.931. The fourth-order valence-electron chi connectivity index (χ4n) is 2.56. The lowest BCUT2D eigenvalue weighted by Gasteiger charge is -2.21. The van der Waals surface area contributed by atoms with Gasteiger partial charge in [0.05, 0.1) is 13.2 Å². The molecule has 3 heteroatoms. The second-order valence-corrected chi connectivity index (χ2v) is 6.08. The minimum atomic E-state index is 0.200. The summed E-state index contributed by atoms with van der Waals surface area (Å²) in [7, 11) is 1.71. The quantitative estimate of drug-likeness (QED) is 0.840. The molecule has 2 nitrogen and oxygen atoms in total. The highest BCUT2D eigenvalue weighted by molar-refractivity contribution is 9.10. The van der Waals surface area contributed by atoms with Gasteiger partial charge in [-0.3, -0.25) is 0 Å². The second kappa shape index (κ2) is 7.10. The first-order valence-corrected chi connectivity index (χ1v) is 8.00. The van der Waals surface area contributed by atoms with Gasteiger partial charge in [0.15, 0.2) is 0 Å². The average Bonchev–Trinajstić information content (AvgIpc) is 2.48. The summed E-state index contributed by atoms with van der Waals surface area (Å²) in [5.41, 5.74) is 4.95. The van der Waals surface area contributed by atoms with Crippen LogP contribution in [0.3, 0.4) is 0 Å². The van der Waals surface area contributed by atoms with E-state index in [2.05, 4.69) is 72.3 Å². The third-order valence-electron chi connectivity index (χ3n) is 3.68. The van der Waals surface area contributed by atoms with E-state index in [0.29, 0.717) is 0 Å². The molecule has 0 aliphatic rings. The number of nitrogens with one attached hydrogen (secondary N) is 1. The molecule has 2 aromatic rings. The number of aryl methyl sites for hydroxylation is 2. The molecular weight excluding hydrogens is 326 g/mol. The molecule has 0 heterocycles. The van der Waals surface area contributed by atoms with Gasteiger partial charge in [-0.1, -0.05) is 47.1 Å². The molecule has 0 aromatic heterocycles. The summed E-state index contributed by atoms with van der Waals surface area (Å²) < 4.78 is 6.50. The predicted molar refractivity (Wildman–Crippen MR) is 92.1 cm³/mol. The molecule has 2 rings (SSSR count). The van der Waals surface area contributed by atoms with Gasteiger partial charge in [0.2, 0.25) is 0 Å². The molecule has 1 atom stereocenters. The van der Waals surface area contributed by atoms with Crippen molar-refractivity contribution >= 4 is 15.9 Å². The fraction of sp³-hybridized carbons (Fsp3) is 0.333. The minimum absolute atomic E-state index is 0.200. The first kappa shape index (κ1) is 16.1. The summed E-state index contributed by atoms with van der Waals surface area (Å²) >= 11 is 3.57. The molecule has 21 heavy (non-hydrogen) atoms. The zero-order chi connectivity index (χ0) is 15.4. The predicted octanol–water partition coefficient (Wildman–Crippen LogP) is 4.77. The van der Waals surface area contributed by atoms with E-state index in [9.17, 15) is 0 Å². The lowest BCUT2D eigenvalue weighted by molar-refractivity contribution is 0.411. The Kier molecular flexibility index (Phi) is 5.43. The zero-order valence-corrected chi connectivity index (χ0v) is 14.6. The Morgan fingerprint density at radius 1 is 1.05 bits per heavy atom. The van der Waals surface area contributed by atoms with Crippen molar-refractivity contribution < 1.29 is 4.74 Å². The van der Waals surface area contributed by atoms with E-state index in [0.717, 1.165) is 22.3 Å². The molecule has 0 saturated heterocycles. The maximum atomic E-state index is 5.35. The normalized spacial score (nSPS) is 12.2. The van der Waals surface area contributed by atoms with Gasteiger partial charge in [0, 0.05) is 4.47 Å². The molecule has 0 aliphatic carbocycles. The van der Waals surface area contributed by atoms with Crippen molar-refractivity contribution in [2.24, 2.45) is 0 Å². The molecule has 0 aliphatic heterocycles. The first-order valence-electron chi connectivity index (χ1n) is 7.20. The van der Waals surface area contributed by atoms with Gasteiger partial charge >= 0.3 is 0 Å². The highest BCUT2D eigenvalue weighted by Crippen LogP contribution is 2.29. The number of methoxy groups -OCH3 is 1. The number of ether oxygens (including phenoxy) is 1. The number of halogens is 1. The fourth-order valence-corrected chi connectivity index (χ4v) is 2.81. The van der Waals surface area contributed by atoms with Crippen LogP contribution in [0.5, 0.6) is 5.75 Å².